The van der Waals surface area contributed by atoms with Crippen molar-refractivity contribution in [3.8, 4) is 0 Å². The van der Waals surface area contributed by atoms with Gasteiger partial charge in [-0.2, -0.15) is 0 Å². The van der Waals surface area contributed by atoms with E-state index in [1.165, 1.54) is 71.2 Å². The van der Waals surface area contributed by atoms with Crippen LogP contribution >= 0.6 is 0 Å². The average molecular weight is 260 g/mol. The summed E-state index contributed by atoms with van der Waals surface area (Å²) < 4.78 is 0. The first-order chi connectivity index (χ1) is 9.38. The Kier molecular flexibility index (Phi) is 3.40. The molecule has 0 aromatic carbocycles. The lowest BCUT2D eigenvalue weighted by molar-refractivity contribution is 0.0845. The van der Waals surface area contributed by atoms with E-state index in [0.29, 0.717) is 0 Å². The van der Waals surface area contributed by atoms with Gasteiger partial charge in [0.05, 0.1) is 0 Å². The van der Waals surface area contributed by atoms with Crippen molar-refractivity contribution < 1.29 is 0 Å². The Morgan fingerprint density at radius 1 is 0.895 bits per heavy atom. The predicted molar refractivity (Wildman–Crippen MR) is 79.1 cm³/mol. The lowest BCUT2D eigenvalue weighted by Gasteiger charge is -2.39. The molecular formula is C17H28N2. The second-order valence-electron chi connectivity index (χ2n) is 7.32. The van der Waals surface area contributed by atoms with E-state index in [1.54, 1.807) is 0 Å². The second-order valence-corrected chi connectivity index (χ2v) is 7.32. The van der Waals surface area contributed by atoms with Crippen molar-refractivity contribution in [2.24, 2.45) is 17.8 Å². The lowest BCUT2D eigenvalue weighted by Crippen LogP contribution is -2.50. The van der Waals surface area contributed by atoms with Crippen LogP contribution in [0.5, 0.6) is 0 Å². The summed E-state index contributed by atoms with van der Waals surface area (Å²) in [6, 6.07) is 0.938. The smallest absolute Gasteiger partial charge is 0.0113 e. The molecule has 1 heterocycles. The van der Waals surface area contributed by atoms with Gasteiger partial charge in [0.1, 0.15) is 0 Å². The van der Waals surface area contributed by atoms with E-state index in [2.05, 4.69) is 22.0 Å². The zero-order valence-corrected chi connectivity index (χ0v) is 12.1. The van der Waals surface area contributed by atoms with Gasteiger partial charge in [0.15, 0.2) is 0 Å². The van der Waals surface area contributed by atoms with Crippen LogP contribution in [0.2, 0.25) is 0 Å². The summed E-state index contributed by atoms with van der Waals surface area (Å²) in [4.78, 5) is 5.54. The zero-order chi connectivity index (χ0) is 12.7. The van der Waals surface area contributed by atoms with Gasteiger partial charge in [0.25, 0.3) is 0 Å². The van der Waals surface area contributed by atoms with Crippen LogP contribution in [0.15, 0.2) is 12.2 Å². The molecule has 3 fully saturated rings. The van der Waals surface area contributed by atoms with Crippen LogP contribution in [0, 0.1) is 17.8 Å². The van der Waals surface area contributed by atoms with Gasteiger partial charge >= 0.3 is 0 Å². The molecule has 0 spiro atoms. The van der Waals surface area contributed by atoms with Crippen LogP contribution in [0.25, 0.3) is 0 Å². The molecule has 19 heavy (non-hydrogen) atoms. The molecule has 0 N–H and O–H groups in total. The minimum absolute atomic E-state index is 0.929. The fraction of sp³-hybridized carbons (Fsp3) is 0.882. The fourth-order valence-corrected chi connectivity index (χ4v) is 5.02. The summed E-state index contributed by atoms with van der Waals surface area (Å²) >= 11 is 0. The maximum Gasteiger partial charge on any atom is 0.0113 e. The molecule has 4 rings (SSSR count). The number of hydrogen-bond donors (Lipinski definition) is 0. The van der Waals surface area contributed by atoms with Gasteiger partial charge in [-0.25, -0.2) is 0 Å². The van der Waals surface area contributed by atoms with Crippen molar-refractivity contribution in [3.05, 3.63) is 12.2 Å². The highest BCUT2D eigenvalue weighted by Crippen LogP contribution is 2.43. The van der Waals surface area contributed by atoms with E-state index in [0.717, 1.165) is 23.8 Å². The van der Waals surface area contributed by atoms with E-state index >= 15 is 0 Å². The average Bonchev–Trinajstić information content (AvgIpc) is 3.17. The SMILES string of the molecule is C1=C[C@H]2C[C@@H]1C[C@H]2CN1CCN(C2CCCC2)CC1. The Morgan fingerprint density at radius 3 is 2.32 bits per heavy atom. The first-order valence-corrected chi connectivity index (χ1v) is 8.53. The maximum atomic E-state index is 2.78. The molecule has 0 aromatic heterocycles. The van der Waals surface area contributed by atoms with Gasteiger partial charge in [-0.1, -0.05) is 25.0 Å². The number of allylic oxidation sites excluding steroid dienone is 2. The van der Waals surface area contributed by atoms with Crippen molar-refractivity contribution >= 4 is 0 Å². The zero-order valence-electron chi connectivity index (χ0n) is 12.1. The minimum Gasteiger partial charge on any atom is -0.300 e. The van der Waals surface area contributed by atoms with Gasteiger partial charge in [-0.05, 0) is 43.4 Å². The monoisotopic (exact) mass is 260 g/mol. The largest absolute Gasteiger partial charge is 0.300 e. The van der Waals surface area contributed by atoms with E-state index in [1.807, 2.05) is 0 Å². The van der Waals surface area contributed by atoms with Crippen LogP contribution in [0.1, 0.15) is 38.5 Å². The van der Waals surface area contributed by atoms with Crippen LogP contribution in [0.3, 0.4) is 0 Å². The highest BCUT2D eigenvalue weighted by molar-refractivity contribution is 5.10. The number of piperazine rings is 1. The molecule has 0 aromatic rings. The summed E-state index contributed by atoms with van der Waals surface area (Å²) in [7, 11) is 0. The van der Waals surface area contributed by atoms with Crippen molar-refractivity contribution in [3.63, 3.8) is 0 Å². The van der Waals surface area contributed by atoms with E-state index in [4.69, 9.17) is 0 Å². The molecule has 0 unspecified atom stereocenters. The summed E-state index contributed by atoms with van der Waals surface area (Å²) in [6.07, 6.45) is 13.8. The minimum atomic E-state index is 0.929. The van der Waals surface area contributed by atoms with Crippen molar-refractivity contribution in [2.75, 3.05) is 32.7 Å². The van der Waals surface area contributed by atoms with E-state index in [9.17, 15) is 0 Å². The Morgan fingerprint density at radius 2 is 1.68 bits per heavy atom. The number of hydrogen-bond acceptors (Lipinski definition) is 2. The van der Waals surface area contributed by atoms with Gasteiger partial charge in [-0.3, -0.25) is 4.90 Å². The summed E-state index contributed by atoms with van der Waals surface area (Å²) in [5.41, 5.74) is 0. The Balaban J connectivity index is 1.25. The van der Waals surface area contributed by atoms with Gasteiger partial charge in [0, 0.05) is 38.8 Å². The molecule has 106 valence electrons. The Hall–Kier alpha value is -0.340. The van der Waals surface area contributed by atoms with Crippen LogP contribution in [0.4, 0.5) is 0 Å². The van der Waals surface area contributed by atoms with Gasteiger partial charge < -0.3 is 4.90 Å². The van der Waals surface area contributed by atoms with Gasteiger partial charge in [0.2, 0.25) is 0 Å². The highest BCUT2D eigenvalue weighted by Gasteiger charge is 2.37. The molecule has 0 radical (unpaired) electrons. The first kappa shape index (κ1) is 12.4. The highest BCUT2D eigenvalue weighted by atomic mass is 15.3. The molecule has 3 aliphatic carbocycles. The van der Waals surface area contributed by atoms with E-state index in [-0.39, 0.29) is 0 Å². The van der Waals surface area contributed by atoms with E-state index < -0.39 is 0 Å². The molecule has 4 aliphatic rings. The predicted octanol–water partition coefficient (Wildman–Crippen LogP) is 2.76. The lowest BCUT2D eigenvalue weighted by atomic mass is 9.93. The van der Waals surface area contributed by atoms with Crippen molar-refractivity contribution in [1.29, 1.82) is 0 Å². The van der Waals surface area contributed by atoms with Crippen LogP contribution in [-0.2, 0) is 0 Å². The quantitative estimate of drug-likeness (QED) is 0.720. The number of rotatable bonds is 3. The Bertz CT molecular complexity index is 337. The number of nitrogens with zero attached hydrogens (tertiary/aromatic N) is 2. The molecule has 1 saturated heterocycles. The standard InChI is InChI=1S/C17H28N2/c1-2-4-17(3-1)19-9-7-18(8-10-19)13-16-12-14-5-6-15(16)11-14/h5-6,14-17H,1-4,7-13H2/t14-,15+,16+/m1/s1. The fourth-order valence-electron chi connectivity index (χ4n) is 5.02. The van der Waals surface area contributed by atoms with Crippen LogP contribution in [-0.4, -0.2) is 48.6 Å². The third kappa shape index (κ3) is 2.50. The molecule has 2 saturated carbocycles. The molecular weight excluding hydrogens is 232 g/mol. The molecule has 2 nitrogen and oxygen atoms in total. The maximum absolute atomic E-state index is 2.78. The summed E-state index contributed by atoms with van der Waals surface area (Å²) in [6.45, 7) is 6.70. The van der Waals surface area contributed by atoms with Gasteiger partial charge in [-0.15, -0.1) is 0 Å². The first-order valence-electron chi connectivity index (χ1n) is 8.53. The summed E-state index contributed by atoms with van der Waals surface area (Å²) in [5.74, 6) is 2.85. The number of fused-ring (bicyclic) bond motifs is 2. The molecule has 1 aliphatic heterocycles. The second kappa shape index (κ2) is 5.21. The summed E-state index contributed by atoms with van der Waals surface area (Å²) in [5, 5.41) is 0. The molecule has 0 amide bonds. The molecule has 2 bridgehead atoms. The third-order valence-electron chi connectivity index (χ3n) is 6.16. The van der Waals surface area contributed by atoms with Crippen molar-refractivity contribution in [1.82, 2.24) is 9.80 Å². The third-order valence-corrected chi connectivity index (χ3v) is 6.16. The van der Waals surface area contributed by atoms with Crippen LogP contribution < -0.4 is 0 Å². The normalized spacial score (nSPS) is 40.5. The van der Waals surface area contributed by atoms with Crippen molar-refractivity contribution in [2.45, 2.75) is 44.6 Å². The molecule has 3 atom stereocenters. The Labute approximate surface area is 117 Å². The molecule has 2 heteroatoms. The topological polar surface area (TPSA) is 6.48 Å².